The topological polar surface area (TPSA) is 54.4 Å². The summed E-state index contributed by atoms with van der Waals surface area (Å²) < 4.78 is 25.2. The second-order valence-corrected chi connectivity index (χ2v) is 7.32. The van der Waals surface area contributed by atoms with Crippen LogP contribution >= 0.6 is 10.7 Å². The zero-order valence-corrected chi connectivity index (χ0v) is 13.4. The molecule has 1 aliphatic rings. The fourth-order valence-electron chi connectivity index (χ4n) is 2.92. The lowest BCUT2D eigenvalue weighted by atomic mass is 9.77. The van der Waals surface area contributed by atoms with E-state index >= 15 is 0 Å². The largest absolute Gasteiger partial charge is 0.353 e. The van der Waals surface area contributed by atoms with E-state index < -0.39 is 9.33 Å². The first-order valence-corrected chi connectivity index (χ1v) is 9.38. The van der Waals surface area contributed by atoms with Gasteiger partial charge in [0.15, 0.2) is 0 Å². The van der Waals surface area contributed by atoms with Crippen LogP contribution in [-0.4, -0.2) is 13.0 Å². The Bertz CT molecular complexity index is 457. The minimum Gasteiger partial charge on any atom is -0.273 e. The summed E-state index contributed by atoms with van der Waals surface area (Å²) in [6.07, 6.45) is 8.53. The molecule has 0 radical (unpaired) electrons. The normalized spacial score (nSPS) is 22.8. The highest BCUT2D eigenvalue weighted by Gasteiger charge is 2.21. The third kappa shape index (κ3) is 7.88. The number of rotatable bonds is 3. The maximum absolute atomic E-state index is 8.95. The van der Waals surface area contributed by atoms with Gasteiger partial charge in [0.1, 0.15) is 0 Å². The molecule has 0 unspecified atom stereocenters. The number of hydrogen-bond acceptors (Lipinski definition) is 2. The average molecular weight is 319 g/mol. The van der Waals surface area contributed by atoms with Gasteiger partial charge in [-0.2, -0.15) is 8.42 Å². The fourth-order valence-corrected chi connectivity index (χ4v) is 2.92. The molecule has 0 bridgehead atoms. The molecule has 0 amide bonds. The second kappa shape index (κ2) is 8.65. The molecular formula is C15H23ClO3S. The zero-order valence-electron chi connectivity index (χ0n) is 11.8. The van der Waals surface area contributed by atoms with Crippen LogP contribution in [0.4, 0.5) is 0 Å². The average Bonchev–Trinajstić information content (AvgIpc) is 2.39. The fraction of sp³-hybridized carbons (Fsp3) is 0.600. The Morgan fingerprint density at radius 2 is 1.65 bits per heavy atom. The Morgan fingerprint density at radius 3 is 2.10 bits per heavy atom. The summed E-state index contributed by atoms with van der Waals surface area (Å²) in [7, 11) is -0.137. The van der Waals surface area contributed by atoms with Crippen molar-refractivity contribution in [3.05, 3.63) is 35.9 Å². The molecule has 1 fully saturated rings. The molecule has 114 valence electrons. The van der Waals surface area contributed by atoms with Gasteiger partial charge in [0.25, 0.3) is 0 Å². The monoisotopic (exact) mass is 318 g/mol. The molecule has 0 aromatic heterocycles. The van der Waals surface area contributed by atoms with Gasteiger partial charge in [-0.15, -0.1) is 0 Å². The van der Waals surface area contributed by atoms with Crippen molar-refractivity contribution in [2.24, 2.45) is 5.92 Å². The molecule has 1 N–H and O–H groups in total. The van der Waals surface area contributed by atoms with Gasteiger partial charge >= 0.3 is 9.33 Å². The highest BCUT2D eigenvalue weighted by atomic mass is 35.7. The minimum atomic E-state index is -4.19. The summed E-state index contributed by atoms with van der Waals surface area (Å²) in [6, 6.07) is 11.1. The molecule has 1 aromatic carbocycles. The van der Waals surface area contributed by atoms with Gasteiger partial charge < -0.3 is 0 Å². The van der Waals surface area contributed by atoms with Gasteiger partial charge in [-0.25, -0.2) is 0 Å². The molecule has 5 heteroatoms. The lowest BCUT2D eigenvalue weighted by Gasteiger charge is -2.28. The Hall–Kier alpha value is -0.580. The highest BCUT2D eigenvalue weighted by Crippen LogP contribution is 2.37. The first-order valence-electron chi connectivity index (χ1n) is 7.12. The number of halogens is 1. The standard InChI is InChI=1S/C15H22.ClHO3S/c1-2-6-13-9-11-15(12-10-13)14-7-4-3-5-8-14;1-5(2,3)4/h3-5,7-8,13,15H,2,6,9-12H2,1H3;(H,2,3,4). The van der Waals surface area contributed by atoms with Gasteiger partial charge in [-0.3, -0.25) is 4.55 Å². The quantitative estimate of drug-likeness (QED) is 0.644. The number of hydrogen-bond donors (Lipinski definition) is 1. The lowest BCUT2D eigenvalue weighted by Crippen LogP contribution is -2.13. The summed E-state index contributed by atoms with van der Waals surface area (Å²) >= 11 is 0. The Balaban J connectivity index is 0.000000347. The Labute approximate surface area is 126 Å². The van der Waals surface area contributed by atoms with Crippen LogP contribution in [0.25, 0.3) is 0 Å². The van der Waals surface area contributed by atoms with Crippen LogP contribution in [0, 0.1) is 5.92 Å². The Kier molecular flexibility index (Phi) is 7.56. The smallest absolute Gasteiger partial charge is 0.273 e. The van der Waals surface area contributed by atoms with Crippen molar-refractivity contribution in [2.75, 3.05) is 0 Å². The van der Waals surface area contributed by atoms with Crippen molar-refractivity contribution in [3.63, 3.8) is 0 Å². The van der Waals surface area contributed by atoms with Crippen LogP contribution in [0.3, 0.4) is 0 Å². The van der Waals surface area contributed by atoms with E-state index in [2.05, 4.69) is 47.9 Å². The SMILES string of the molecule is CCCC1CCC(c2ccccc2)CC1.O=S(=O)(O)Cl. The van der Waals surface area contributed by atoms with E-state index in [-0.39, 0.29) is 0 Å². The van der Waals surface area contributed by atoms with Crippen LogP contribution in [0.2, 0.25) is 0 Å². The third-order valence-electron chi connectivity index (χ3n) is 3.81. The van der Waals surface area contributed by atoms with Crippen molar-refractivity contribution < 1.29 is 13.0 Å². The van der Waals surface area contributed by atoms with Crippen molar-refractivity contribution in [3.8, 4) is 0 Å². The molecule has 1 saturated carbocycles. The van der Waals surface area contributed by atoms with E-state index in [1.165, 1.54) is 38.5 Å². The number of benzene rings is 1. The van der Waals surface area contributed by atoms with E-state index in [0.717, 1.165) is 11.8 Å². The van der Waals surface area contributed by atoms with E-state index in [4.69, 9.17) is 13.0 Å². The van der Waals surface area contributed by atoms with Gasteiger partial charge in [0.05, 0.1) is 0 Å². The molecule has 2 rings (SSSR count). The predicted octanol–water partition coefficient (Wildman–Crippen LogP) is 4.79. The summed E-state index contributed by atoms with van der Waals surface area (Å²) in [5, 5.41) is 0. The maximum atomic E-state index is 8.95. The van der Waals surface area contributed by atoms with Crippen LogP contribution in [0.15, 0.2) is 30.3 Å². The van der Waals surface area contributed by atoms with E-state index in [1.807, 2.05) is 0 Å². The summed E-state index contributed by atoms with van der Waals surface area (Å²) in [4.78, 5) is 0. The second-order valence-electron chi connectivity index (χ2n) is 5.33. The van der Waals surface area contributed by atoms with Crippen LogP contribution in [-0.2, 0) is 9.33 Å². The van der Waals surface area contributed by atoms with Crippen LogP contribution in [0.1, 0.15) is 56.9 Å². The van der Waals surface area contributed by atoms with E-state index in [9.17, 15) is 0 Å². The molecular weight excluding hydrogens is 296 g/mol. The zero-order chi connectivity index (χ0) is 15.0. The van der Waals surface area contributed by atoms with Crippen molar-refractivity contribution in [1.29, 1.82) is 0 Å². The van der Waals surface area contributed by atoms with Gasteiger partial charge in [-0.1, -0.05) is 50.1 Å². The van der Waals surface area contributed by atoms with Gasteiger partial charge in [-0.05, 0) is 43.1 Å². The van der Waals surface area contributed by atoms with E-state index in [0.29, 0.717) is 0 Å². The molecule has 20 heavy (non-hydrogen) atoms. The minimum absolute atomic E-state index is 0.847. The van der Waals surface area contributed by atoms with E-state index in [1.54, 1.807) is 5.56 Å². The molecule has 0 heterocycles. The lowest BCUT2D eigenvalue weighted by molar-refractivity contribution is 0.308. The molecule has 1 aliphatic carbocycles. The summed E-state index contributed by atoms with van der Waals surface area (Å²) in [5.41, 5.74) is 1.56. The van der Waals surface area contributed by atoms with Gasteiger partial charge in [0, 0.05) is 10.7 Å². The van der Waals surface area contributed by atoms with Crippen molar-refractivity contribution in [2.45, 2.75) is 51.4 Å². The third-order valence-corrected chi connectivity index (χ3v) is 3.81. The molecule has 0 saturated heterocycles. The van der Waals surface area contributed by atoms with Crippen LogP contribution < -0.4 is 0 Å². The van der Waals surface area contributed by atoms with Gasteiger partial charge in [0.2, 0.25) is 0 Å². The van der Waals surface area contributed by atoms with Crippen molar-refractivity contribution >= 4 is 20.0 Å². The molecule has 0 aliphatic heterocycles. The van der Waals surface area contributed by atoms with Crippen LogP contribution in [0.5, 0.6) is 0 Å². The molecule has 3 nitrogen and oxygen atoms in total. The highest BCUT2D eigenvalue weighted by molar-refractivity contribution is 8.09. The Morgan fingerprint density at radius 1 is 1.15 bits per heavy atom. The summed E-state index contributed by atoms with van der Waals surface area (Å²) in [6.45, 7) is 2.31. The molecule has 0 spiro atoms. The maximum Gasteiger partial charge on any atom is 0.353 e. The van der Waals surface area contributed by atoms with Crippen molar-refractivity contribution in [1.82, 2.24) is 0 Å². The first-order chi connectivity index (χ1) is 9.40. The first kappa shape index (κ1) is 17.5. The molecule has 0 atom stereocenters. The molecule has 1 aromatic rings. The summed E-state index contributed by atoms with van der Waals surface area (Å²) in [5.74, 6) is 1.87. The predicted molar refractivity (Wildman–Crippen MR) is 83.5 cm³/mol.